The van der Waals surface area contributed by atoms with Crippen LogP contribution in [0.1, 0.15) is 35.2 Å². The predicted octanol–water partition coefficient (Wildman–Crippen LogP) is 3.95. The lowest BCUT2D eigenvalue weighted by molar-refractivity contribution is 0.0689. The van der Waals surface area contributed by atoms with E-state index in [0.29, 0.717) is 5.88 Å². The summed E-state index contributed by atoms with van der Waals surface area (Å²) in [6.45, 7) is 4.08. The molecule has 3 rings (SSSR count). The number of rotatable bonds is 5. The van der Waals surface area contributed by atoms with Crippen LogP contribution < -0.4 is 4.74 Å². The number of ether oxygens (including phenoxy) is 1. The quantitative estimate of drug-likeness (QED) is 0.670. The topological polar surface area (TPSA) is 57.3 Å². The second-order valence-electron chi connectivity index (χ2n) is 5.29. The summed E-state index contributed by atoms with van der Waals surface area (Å²) in [5.41, 5.74) is 2.82. The second kappa shape index (κ2) is 6.52. The molecule has 118 valence electrons. The van der Waals surface area contributed by atoms with Gasteiger partial charge >= 0.3 is 5.97 Å². The lowest BCUT2D eigenvalue weighted by Gasteiger charge is -2.09. The van der Waals surface area contributed by atoms with Gasteiger partial charge in [-0.05, 0) is 37.1 Å². The lowest BCUT2D eigenvalue weighted by atomic mass is 10.2. The monoisotopic (exact) mass is 310 g/mol. The lowest BCUT2D eigenvalue weighted by Crippen LogP contribution is -2.11. The van der Waals surface area contributed by atoms with Crippen molar-refractivity contribution in [1.29, 1.82) is 0 Å². The van der Waals surface area contributed by atoms with Gasteiger partial charge in [-0.25, -0.2) is 9.48 Å². The van der Waals surface area contributed by atoms with Crippen LogP contribution in [0.4, 0.5) is 0 Å². The van der Waals surface area contributed by atoms with Crippen LogP contribution >= 0.6 is 0 Å². The molecule has 0 N–H and O–H groups in total. The van der Waals surface area contributed by atoms with Crippen LogP contribution in [0.5, 0.6) is 5.88 Å². The highest BCUT2D eigenvalue weighted by atomic mass is 16.6. The summed E-state index contributed by atoms with van der Waals surface area (Å²) in [7, 11) is 0. The van der Waals surface area contributed by atoms with E-state index in [2.05, 4.69) is 12.0 Å². The standard InChI is InChI=1S/C18H18N2O3/c1-3-7-14-12-17(23-18(21)16-10-6-11-22-16)20(19-14)15-9-5-4-8-13(15)2/h4-6,8-12H,3,7H2,1-2H3. The highest BCUT2D eigenvalue weighted by Gasteiger charge is 2.18. The van der Waals surface area contributed by atoms with Gasteiger partial charge in [0.1, 0.15) is 0 Å². The molecule has 5 heteroatoms. The fourth-order valence-corrected chi connectivity index (χ4v) is 2.37. The summed E-state index contributed by atoms with van der Waals surface area (Å²) in [5, 5.41) is 4.57. The molecular weight excluding hydrogens is 292 g/mol. The Morgan fingerprint density at radius 1 is 1.26 bits per heavy atom. The van der Waals surface area contributed by atoms with Crippen LogP contribution in [0, 0.1) is 6.92 Å². The molecule has 0 fully saturated rings. The van der Waals surface area contributed by atoms with E-state index >= 15 is 0 Å². The van der Waals surface area contributed by atoms with Crippen LogP contribution in [0.3, 0.4) is 0 Å². The number of benzene rings is 1. The molecule has 0 saturated heterocycles. The molecular formula is C18H18N2O3. The summed E-state index contributed by atoms with van der Waals surface area (Å²) >= 11 is 0. The number of aromatic nitrogens is 2. The van der Waals surface area contributed by atoms with Crippen molar-refractivity contribution in [2.45, 2.75) is 26.7 Å². The van der Waals surface area contributed by atoms with Crippen LogP contribution in [0.2, 0.25) is 0 Å². The van der Waals surface area contributed by atoms with Crippen molar-refractivity contribution in [1.82, 2.24) is 9.78 Å². The molecule has 0 aliphatic heterocycles. The molecule has 0 saturated carbocycles. The molecule has 1 aromatic carbocycles. The van der Waals surface area contributed by atoms with Gasteiger partial charge in [0, 0.05) is 6.07 Å². The van der Waals surface area contributed by atoms with Gasteiger partial charge < -0.3 is 9.15 Å². The summed E-state index contributed by atoms with van der Waals surface area (Å²) in [6.07, 6.45) is 3.23. The molecule has 2 heterocycles. The Labute approximate surface area is 134 Å². The fourth-order valence-electron chi connectivity index (χ4n) is 2.37. The molecule has 0 amide bonds. The first kappa shape index (κ1) is 15.1. The first-order valence-corrected chi connectivity index (χ1v) is 7.59. The number of para-hydroxylation sites is 1. The third-order valence-electron chi connectivity index (χ3n) is 3.50. The van der Waals surface area contributed by atoms with Crippen molar-refractivity contribution in [3.8, 4) is 11.6 Å². The molecule has 0 aliphatic carbocycles. The fraction of sp³-hybridized carbons (Fsp3) is 0.222. The van der Waals surface area contributed by atoms with E-state index < -0.39 is 5.97 Å². The van der Waals surface area contributed by atoms with E-state index in [9.17, 15) is 4.79 Å². The van der Waals surface area contributed by atoms with Crippen molar-refractivity contribution in [2.75, 3.05) is 0 Å². The van der Waals surface area contributed by atoms with Crippen molar-refractivity contribution in [2.24, 2.45) is 0 Å². The number of aryl methyl sites for hydroxylation is 2. The number of hydrogen-bond acceptors (Lipinski definition) is 4. The van der Waals surface area contributed by atoms with Crippen LogP contribution in [0.15, 0.2) is 53.1 Å². The first-order chi connectivity index (χ1) is 11.2. The summed E-state index contributed by atoms with van der Waals surface area (Å²) < 4.78 is 12.2. The number of esters is 1. The molecule has 23 heavy (non-hydrogen) atoms. The molecule has 0 spiro atoms. The molecule has 0 atom stereocenters. The number of furan rings is 1. The van der Waals surface area contributed by atoms with Crippen molar-refractivity contribution in [3.05, 3.63) is 65.7 Å². The Bertz CT molecular complexity index is 804. The molecule has 5 nitrogen and oxygen atoms in total. The SMILES string of the molecule is CCCc1cc(OC(=O)c2ccco2)n(-c2ccccc2C)n1. The smallest absolute Gasteiger partial charge is 0.380 e. The minimum absolute atomic E-state index is 0.166. The van der Waals surface area contributed by atoms with Gasteiger partial charge in [-0.2, -0.15) is 5.10 Å². The Hall–Kier alpha value is -2.82. The van der Waals surface area contributed by atoms with Crippen LogP contribution in [-0.2, 0) is 6.42 Å². The van der Waals surface area contributed by atoms with Crippen molar-refractivity contribution < 1.29 is 13.9 Å². The van der Waals surface area contributed by atoms with Crippen LogP contribution in [0.25, 0.3) is 5.69 Å². The summed E-state index contributed by atoms with van der Waals surface area (Å²) in [5.74, 6) is 0.0245. The largest absolute Gasteiger partial charge is 0.457 e. The maximum absolute atomic E-state index is 12.2. The van der Waals surface area contributed by atoms with Gasteiger partial charge in [0.15, 0.2) is 0 Å². The number of nitrogens with zero attached hydrogens (tertiary/aromatic N) is 2. The third-order valence-corrected chi connectivity index (χ3v) is 3.50. The van der Waals surface area contributed by atoms with E-state index in [1.807, 2.05) is 31.2 Å². The molecule has 3 aromatic rings. The minimum Gasteiger partial charge on any atom is -0.457 e. The molecule has 0 unspecified atom stereocenters. The molecule has 0 bridgehead atoms. The highest BCUT2D eigenvalue weighted by Crippen LogP contribution is 2.23. The summed E-state index contributed by atoms with van der Waals surface area (Å²) in [4.78, 5) is 12.2. The molecule has 2 aromatic heterocycles. The van der Waals surface area contributed by atoms with Gasteiger partial charge in [0.25, 0.3) is 0 Å². The van der Waals surface area contributed by atoms with Gasteiger partial charge in [-0.15, -0.1) is 0 Å². The Morgan fingerprint density at radius 2 is 2.09 bits per heavy atom. The van der Waals surface area contributed by atoms with E-state index in [0.717, 1.165) is 29.8 Å². The van der Waals surface area contributed by atoms with Gasteiger partial charge in [-0.1, -0.05) is 31.5 Å². The Balaban J connectivity index is 1.98. The maximum Gasteiger partial charge on any atom is 0.380 e. The van der Waals surface area contributed by atoms with Crippen LogP contribution in [-0.4, -0.2) is 15.7 Å². The average Bonchev–Trinajstić information content (AvgIpc) is 3.18. The third kappa shape index (κ3) is 3.18. The highest BCUT2D eigenvalue weighted by molar-refractivity contribution is 5.87. The molecule has 0 radical (unpaired) electrons. The van der Waals surface area contributed by atoms with Crippen molar-refractivity contribution >= 4 is 5.97 Å². The first-order valence-electron chi connectivity index (χ1n) is 7.59. The van der Waals surface area contributed by atoms with Gasteiger partial charge in [-0.3, -0.25) is 0 Å². The zero-order valence-corrected chi connectivity index (χ0v) is 13.2. The summed E-state index contributed by atoms with van der Waals surface area (Å²) in [6, 6.07) is 12.9. The second-order valence-corrected chi connectivity index (χ2v) is 5.29. The zero-order valence-electron chi connectivity index (χ0n) is 13.2. The predicted molar refractivity (Wildman–Crippen MR) is 86.0 cm³/mol. The minimum atomic E-state index is -0.534. The Morgan fingerprint density at radius 3 is 2.78 bits per heavy atom. The number of carbonyl (C=O) groups is 1. The van der Waals surface area contributed by atoms with E-state index in [1.165, 1.54) is 6.26 Å². The Kier molecular flexibility index (Phi) is 4.28. The van der Waals surface area contributed by atoms with Gasteiger partial charge in [0.05, 0.1) is 17.6 Å². The van der Waals surface area contributed by atoms with E-state index in [4.69, 9.17) is 9.15 Å². The number of carbonyl (C=O) groups excluding carboxylic acids is 1. The van der Waals surface area contributed by atoms with E-state index in [1.54, 1.807) is 22.9 Å². The average molecular weight is 310 g/mol. The van der Waals surface area contributed by atoms with Crippen molar-refractivity contribution in [3.63, 3.8) is 0 Å². The van der Waals surface area contributed by atoms with E-state index in [-0.39, 0.29) is 5.76 Å². The maximum atomic E-state index is 12.2. The zero-order chi connectivity index (χ0) is 16.2. The molecule has 0 aliphatic rings. The van der Waals surface area contributed by atoms with Gasteiger partial charge in [0.2, 0.25) is 11.6 Å². The number of hydrogen-bond donors (Lipinski definition) is 0. The normalized spacial score (nSPS) is 10.7.